The Morgan fingerprint density at radius 2 is 2.16 bits per heavy atom. The van der Waals surface area contributed by atoms with E-state index in [1.165, 1.54) is 5.57 Å². The van der Waals surface area contributed by atoms with E-state index in [1.54, 1.807) is 0 Å². The van der Waals surface area contributed by atoms with Gasteiger partial charge in [-0.3, -0.25) is 0 Å². The fourth-order valence-corrected chi connectivity index (χ4v) is 2.28. The molecule has 2 N–H and O–H groups in total. The van der Waals surface area contributed by atoms with Crippen LogP contribution >= 0.6 is 0 Å². The van der Waals surface area contributed by atoms with Gasteiger partial charge in [0, 0.05) is 11.6 Å². The molecule has 19 heavy (non-hydrogen) atoms. The predicted octanol–water partition coefficient (Wildman–Crippen LogP) is 3.41. The minimum atomic E-state index is 0.0658. The Labute approximate surface area is 115 Å². The largest absolute Gasteiger partial charge is 0.488 e. The molecule has 0 saturated carbocycles. The Morgan fingerprint density at radius 1 is 1.37 bits per heavy atom. The Balaban J connectivity index is 2.01. The minimum Gasteiger partial charge on any atom is -0.488 e. The molecule has 0 saturated heterocycles. The fourth-order valence-electron chi connectivity index (χ4n) is 2.28. The van der Waals surface area contributed by atoms with Crippen molar-refractivity contribution in [3.63, 3.8) is 0 Å². The van der Waals surface area contributed by atoms with Crippen LogP contribution in [0.25, 0.3) is 0 Å². The molecular weight excluding hydrogens is 238 g/mol. The maximum absolute atomic E-state index is 6.05. The molecule has 0 unspecified atom stereocenters. The summed E-state index contributed by atoms with van der Waals surface area (Å²) in [6, 6.07) is 0.0658. The number of ether oxygens (including phenoxy) is 2. The molecule has 0 amide bonds. The Morgan fingerprint density at radius 3 is 2.89 bits per heavy atom. The monoisotopic (exact) mass is 261 g/mol. The van der Waals surface area contributed by atoms with Crippen LogP contribution in [0.4, 0.5) is 0 Å². The maximum Gasteiger partial charge on any atom is 0.172 e. The molecule has 1 heterocycles. The van der Waals surface area contributed by atoms with Gasteiger partial charge in [-0.05, 0) is 37.8 Å². The van der Waals surface area contributed by atoms with E-state index in [2.05, 4.69) is 26.0 Å². The molecule has 0 bridgehead atoms. The molecule has 0 radical (unpaired) electrons. The summed E-state index contributed by atoms with van der Waals surface area (Å²) in [5, 5.41) is 0. The fraction of sp³-hybridized carbons (Fsp3) is 0.500. The first-order valence-electron chi connectivity index (χ1n) is 6.91. The average molecular weight is 261 g/mol. The summed E-state index contributed by atoms with van der Waals surface area (Å²) in [5.41, 5.74) is 7.22. The zero-order chi connectivity index (χ0) is 13.8. The topological polar surface area (TPSA) is 44.5 Å². The highest BCUT2D eigenvalue weighted by Crippen LogP contribution is 2.31. The van der Waals surface area contributed by atoms with Crippen LogP contribution in [-0.4, -0.2) is 12.6 Å². The number of fused-ring (bicyclic) bond motifs is 1. The molecule has 104 valence electrons. The normalized spacial score (nSPS) is 19.6. The molecule has 1 atom stereocenters. The van der Waals surface area contributed by atoms with E-state index in [4.69, 9.17) is 15.2 Å². The van der Waals surface area contributed by atoms with E-state index in [-0.39, 0.29) is 6.04 Å². The summed E-state index contributed by atoms with van der Waals surface area (Å²) in [6.45, 7) is 6.81. The minimum absolute atomic E-state index is 0.0658. The molecule has 0 spiro atoms. The summed E-state index contributed by atoms with van der Waals surface area (Å²) < 4.78 is 11.6. The van der Waals surface area contributed by atoms with Crippen LogP contribution in [0.1, 0.15) is 33.6 Å². The van der Waals surface area contributed by atoms with Crippen LogP contribution < -0.4 is 5.73 Å². The summed E-state index contributed by atoms with van der Waals surface area (Å²) in [7, 11) is 0. The molecule has 2 rings (SSSR count). The third kappa shape index (κ3) is 3.74. The number of nitrogens with two attached hydrogens (primary N) is 1. The number of hydrogen-bond donors (Lipinski definition) is 1. The van der Waals surface area contributed by atoms with Gasteiger partial charge in [0.2, 0.25) is 0 Å². The highest BCUT2D eigenvalue weighted by Gasteiger charge is 2.20. The SMILES string of the molecule is CC1=CC=C2CC=CC(OC[C@@H](N)CC(C)C)=C2O1. The Hall–Kier alpha value is -1.48. The van der Waals surface area contributed by atoms with Crippen LogP contribution in [0.15, 0.2) is 47.2 Å². The van der Waals surface area contributed by atoms with Crippen molar-refractivity contribution >= 4 is 0 Å². The van der Waals surface area contributed by atoms with E-state index >= 15 is 0 Å². The van der Waals surface area contributed by atoms with Crippen molar-refractivity contribution in [2.24, 2.45) is 11.7 Å². The standard InChI is InChI=1S/C16H23NO2/c1-11(2)9-14(17)10-18-15-6-4-5-13-8-7-12(3)19-16(13)15/h4,6-8,11,14H,5,9-10,17H2,1-3H3/t14-/m0/s1. The quantitative estimate of drug-likeness (QED) is 0.825. The van der Waals surface area contributed by atoms with Gasteiger partial charge in [-0.1, -0.05) is 26.0 Å². The Kier molecular flexibility index (Phi) is 4.48. The molecule has 3 nitrogen and oxygen atoms in total. The Bertz CT molecular complexity index is 455. The second kappa shape index (κ2) is 6.11. The van der Waals surface area contributed by atoms with E-state index in [0.29, 0.717) is 12.5 Å². The first-order valence-corrected chi connectivity index (χ1v) is 6.91. The number of hydrogen-bond acceptors (Lipinski definition) is 3. The molecule has 3 heteroatoms. The van der Waals surface area contributed by atoms with Gasteiger partial charge < -0.3 is 15.2 Å². The van der Waals surface area contributed by atoms with Crippen LogP contribution in [0.5, 0.6) is 0 Å². The van der Waals surface area contributed by atoms with Gasteiger partial charge in [-0.2, -0.15) is 0 Å². The first-order chi connectivity index (χ1) is 9.06. The van der Waals surface area contributed by atoms with Gasteiger partial charge >= 0.3 is 0 Å². The van der Waals surface area contributed by atoms with Crippen molar-refractivity contribution in [3.05, 3.63) is 47.2 Å². The predicted molar refractivity (Wildman–Crippen MR) is 77.1 cm³/mol. The van der Waals surface area contributed by atoms with Gasteiger partial charge in [0.25, 0.3) is 0 Å². The van der Waals surface area contributed by atoms with E-state index < -0.39 is 0 Å². The smallest absolute Gasteiger partial charge is 0.172 e. The maximum atomic E-state index is 6.05. The van der Waals surface area contributed by atoms with Gasteiger partial charge in [0.05, 0.1) is 0 Å². The zero-order valence-corrected chi connectivity index (χ0v) is 12.0. The van der Waals surface area contributed by atoms with Crippen LogP contribution in [-0.2, 0) is 9.47 Å². The number of allylic oxidation sites excluding steroid dienone is 6. The molecule has 1 aliphatic carbocycles. The van der Waals surface area contributed by atoms with E-state index in [9.17, 15) is 0 Å². The summed E-state index contributed by atoms with van der Waals surface area (Å²) in [6.07, 6.45) is 10.0. The third-order valence-electron chi connectivity index (χ3n) is 3.13. The summed E-state index contributed by atoms with van der Waals surface area (Å²) >= 11 is 0. The summed E-state index contributed by atoms with van der Waals surface area (Å²) in [5.74, 6) is 3.12. The van der Waals surface area contributed by atoms with E-state index in [0.717, 1.165) is 30.1 Å². The third-order valence-corrected chi connectivity index (χ3v) is 3.13. The van der Waals surface area contributed by atoms with Crippen molar-refractivity contribution in [2.45, 2.75) is 39.7 Å². The second-order valence-electron chi connectivity index (χ2n) is 5.57. The van der Waals surface area contributed by atoms with Crippen molar-refractivity contribution in [3.8, 4) is 0 Å². The molecule has 0 fully saturated rings. The molecule has 1 aliphatic heterocycles. The van der Waals surface area contributed by atoms with Crippen LogP contribution in [0.3, 0.4) is 0 Å². The lowest BCUT2D eigenvalue weighted by Gasteiger charge is -2.23. The average Bonchev–Trinajstić information content (AvgIpc) is 2.35. The van der Waals surface area contributed by atoms with Crippen molar-refractivity contribution in [1.82, 2.24) is 0 Å². The number of rotatable bonds is 5. The van der Waals surface area contributed by atoms with Crippen molar-refractivity contribution in [1.29, 1.82) is 0 Å². The zero-order valence-electron chi connectivity index (χ0n) is 12.0. The first kappa shape index (κ1) is 13.9. The molecule has 2 aliphatic rings. The lowest BCUT2D eigenvalue weighted by Crippen LogP contribution is -2.28. The van der Waals surface area contributed by atoms with Crippen LogP contribution in [0.2, 0.25) is 0 Å². The van der Waals surface area contributed by atoms with Gasteiger partial charge in [0.1, 0.15) is 12.4 Å². The van der Waals surface area contributed by atoms with Gasteiger partial charge in [-0.15, -0.1) is 0 Å². The highest BCUT2D eigenvalue weighted by molar-refractivity contribution is 5.43. The van der Waals surface area contributed by atoms with Gasteiger partial charge in [0.15, 0.2) is 11.5 Å². The van der Waals surface area contributed by atoms with Crippen molar-refractivity contribution in [2.75, 3.05) is 6.61 Å². The van der Waals surface area contributed by atoms with E-state index in [1.807, 2.05) is 19.1 Å². The van der Waals surface area contributed by atoms with Crippen LogP contribution in [0, 0.1) is 5.92 Å². The molecule has 0 aromatic heterocycles. The molecule has 0 aromatic rings. The second-order valence-corrected chi connectivity index (χ2v) is 5.57. The van der Waals surface area contributed by atoms with Gasteiger partial charge in [-0.25, -0.2) is 0 Å². The molecular formula is C16H23NO2. The van der Waals surface area contributed by atoms with Crippen molar-refractivity contribution < 1.29 is 9.47 Å². The lowest BCUT2D eigenvalue weighted by molar-refractivity contribution is 0.171. The molecule has 0 aromatic carbocycles. The lowest BCUT2D eigenvalue weighted by atomic mass is 10.0. The summed E-state index contributed by atoms with van der Waals surface area (Å²) in [4.78, 5) is 0. The highest BCUT2D eigenvalue weighted by atomic mass is 16.5.